The topological polar surface area (TPSA) is 53.8 Å². The van der Waals surface area contributed by atoms with Crippen molar-refractivity contribution in [1.82, 2.24) is 4.98 Å². The molecule has 22 heavy (non-hydrogen) atoms. The van der Waals surface area contributed by atoms with Gasteiger partial charge in [-0.1, -0.05) is 45.0 Å². The van der Waals surface area contributed by atoms with Crippen molar-refractivity contribution in [3.8, 4) is 6.07 Å². The van der Waals surface area contributed by atoms with Crippen molar-refractivity contribution in [3.05, 3.63) is 57.0 Å². The van der Waals surface area contributed by atoms with Crippen LogP contribution in [0.1, 0.15) is 47.4 Å². The second-order valence-corrected chi connectivity index (χ2v) is 7.18. The Morgan fingerprint density at radius 1 is 1.27 bits per heavy atom. The zero-order valence-corrected chi connectivity index (χ0v) is 14.0. The number of hydrogen-bond acceptors (Lipinski definition) is 4. The molecule has 1 aromatic heterocycles. The smallest absolute Gasteiger partial charge is 0.203 e. The average molecular weight is 310 g/mol. The summed E-state index contributed by atoms with van der Waals surface area (Å²) in [5.41, 5.74) is 2.47. The highest BCUT2D eigenvalue weighted by Gasteiger charge is 2.16. The Hall–Kier alpha value is -2.25. The number of aryl methyl sites for hydroxylation is 1. The molecule has 0 radical (unpaired) electrons. The van der Waals surface area contributed by atoms with E-state index in [-0.39, 0.29) is 16.8 Å². The minimum Gasteiger partial charge on any atom is -0.288 e. The van der Waals surface area contributed by atoms with Crippen molar-refractivity contribution in [2.75, 3.05) is 0 Å². The van der Waals surface area contributed by atoms with Crippen molar-refractivity contribution >= 4 is 23.2 Å². The first-order valence-electron chi connectivity index (χ1n) is 7.00. The lowest BCUT2D eigenvalue weighted by Crippen LogP contribution is -2.11. The fraction of sp³-hybridized carbons (Fsp3) is 0.278. The van der Waals surface area contributed by atoms with Crippen LogP contribution in [0.2, 0.25) is 0 Å². The number of benzene rings is 1. The molecular weight excluding hydrogens is 292 g/mol. The lowest BCUT2D eigenvalue weighted by atomic mass is 9.86. The molecule has 2 rings (SSSR count). The minimum absolute atomic E-state index is 0.0353. The van der Waals surface area contributed by atoms with Gasteiger partial charge in [-0.25, -0.2) is 4.98 Å². The maximum atomic E-state index is 12.4. The molecule has 0 fully saturated rings. The van der Waals surface area contributed by atoms with Crippen LogP contribution in [0.25, 0.3) is 6.08 Å². The number of nitriles is 1. The number of thiazole rings is 1. The van der Waals surface area contributed by atoms with Gasteiger partial charge in [0.25, 0.3) is 0 Å². The number of hydrogen-bond donors (Lipinski definition) is 0. The monoisotopic (exact) mass is 310 g/mol. The van der Waals surface area contributed by atoms with Crippen molar-refractivity contribution in [1.29, 1.82) is 5.26 Å². The normalized spacial score (nSPS) is 12.0. The zero-order valence-electron chi connectivity index (χ0n) is 13.2. The van der Waals surface area contributed by atoms with Crippen molar-refractivity contribution in [3.63, 3.8) is 0 Å². The first-order valence-corrected chi connectivity index (χ1v) is 7.88. The summed E-state index contributed by atoms with van der Waals surface area (Å²) in [6, 6.07) is 9.41. The van der Waals surface area contributed by atoms with Crippen LogP contribution in [0, 0.1) is 18.3 Å². The highest BCUT2D eigenvalue weighted by atomic mass is 32.1. The summed E-state index contributed by atoms with van der Waals surface area (Å²) in [6.07, 6.45) is 1.55. The average Bonchev–Trinajstić information content (AvgIpc) is 2.88. The van der Waals surface area contributed by atoms with Gasteiger partial charge < -0.3 is 0 Å². The Bertz CT molecular complexity index is 756. The van der Waals surface area contributed by atoms with Crippen LogP contribution >= 0.6 is 11.3 Å². The van der Waals surface area contributed by atoms with Crippen LogP contribution in [0.3, 0.4) is 0 Å². The van der Waals surface area contributed by atoms with E-state index in [0.717, 1.165) is 10.6 Å². The van der Waals surface area contributed by atoms with Gasteiger partial charge in [0.1, 0.15) is 11.6 Å². The van der Waals surface area contributed by atoms with Gasteiger partial charge in [0.15, 0.2) is 0 Å². The molecule has 0 saturated heterocycles. The van der Waals surface area contributed by atoms with Crippen LogP contribution in [0.15, 0.2) is 35.2 Å². The Labute approximate surface area is 134 Å². The molecule has 0 aliphatic heterocycles. The molecule has 4 heteroatoms. The molecule has 112 valence electrons. The standard InChI is InChI=1S/C18H18N2OS/c1-12-20-16(11-22-12)9-14(10-19)17(21)13-5-7-15(8-6-13)18(2,3)4/h5-9,11H,1-4H3/b14-9+. The lowest BCUT2D eigenvalue weighted by Gasteiger charge is -2.18. The Balaban J connectivity index is 2.30. The number of nitrogens with zero attached hydrogens (tertiary/aromatic N) is 2. The van der Waals surface area contributed by atoms with Gasteiger partial charge in [0.2, 0.25) is 5.78 Å². The van der Waals surface area contributed by atoms with E-state index in [2.05, 4.69) is 25.8 Å². The molecule has 1 aromatic carbocycles. The summed E-state index contributed by atoms with van der Waals surface area (Å²) >= 11 is 1.49. The van der Waals surface area contributed by atoms with Crippen molar-refractivity contribution < 1.29 is 4.79 Å². The zero-order chi connectivity index (χ0) is 16.3. The molecule has 0 aliphatic carbocycles. The molecule has 0 atom stereocenters. The molecule has 0 amide bonds. The molecule has 0 bridgehead atoms. The maximum absolute atomic E-state index is 12.4. The number of carbonyl (C=O) groups excluding carboxylic acids is 1. The van der Waals surface area contributed by atoms with Crippen molar-refractivity contribution in [2.45, 2.75) is 33.1 Å². The second-order valence-electron chi connectivity index (χ2n) is 6.12. The van der Waals surface area contributed by atoms with Crippen LogP contribution in [0.5, 0.6) is 0 Å². The highest BCUT2D eigenvalue weighted by molar-refractivity contribution is 7.09. The summed E-state index contributed by atoms with van der Waals surface area (Å²) < 4.78 is 0. The summed E-state index contributed by atoms with van der Waals surface area (Å²) in [5.74, 6) is -0.270. The molecule has 2 aromatic rings. The summed E-state index contributed by atoms with van der Waals surface area (Å²) in [4.78, 5) is 16.7. The van der Waals surface area contributed by atoms with Crippen LogP contribution in [0.4, 0.5) is 0 Å². The third kappa shape index (κ3) is 3.69. The number of Topliss-reactive ketones (excluding diaryl/α,β-unsaturated/α-hetero) is 1. The first-order chi connectivity index (χ1) is 10.3. The molecule has 0 spiro atoms. The van der Waals surface area contributed by atoms with E-state index < -0.39 is 0 Å². The van der Waals surface area contributed by atoms with E-state index in [1.54, 1.807) is 18.2 Å². The van der Waals surface area contributed by atoms with Gasteiger partial charge in [-0.3, -0.25) is 4.79 Å². The third-order valence-corrected chi connectivity index (χ3v) is 4.10. The number of rotatable bonds is 3. The van der Waals surface area contributed by atoms with Crippen LogP contribution in [-0.2, 0) is 5.41 Å². The number of allylic oxidation sites excluding steroid dienone is 1. The Morgan fingerprint density at radius 2 is 1.91 bits per heavy atom. The van der Waals surface area contributed by atoms with E-state index >= 15 is 0 Å². The summed E-state index contributed by atoms with van der Waals surface area (Å²) in [6.45, 7) is 8.25. The highest BCUT2D eigenvalue weighted by Crippen LogP contribution is 2.23. The van der Waals surface area contributed by atoms with Crippen LogP contribution in [-0.4, -0.2) is 10.8 Å². The fourth-order valence-electron chi connectivity index (χ4n) is 2.02. The van der Waals surface area contributed by atoms with Gasteiger partial charge in [-0.05, 0) is 24.0 Å². The SMILES string of the molecule is Cc1nc(/C=C(\C#N)C(=O)c2ccc(C(C)(C)C)cc2)cs1. The Kier molecular flexibility index (Phi) is 4.58. The molecule has 0 unspecified atom stereocenters. The van der Waals surface area contributed by atoms with Gasteiger partial charge in [0.05, 0.1) is 10.7 Å². The van der Waals surface area contributed by atoms with E-state index in [4.69, 9.17) is 0 Å². The van der Waals surface area contributed by atoms with Crippen molar-refractivity contribution in [2.24, 2.45) is 0 Å². The molecule has 1 heterocycles. The van der Waals surface area contributed by atoms with Gasteiger partial charge in [-0.2, -0.15) is 5.26 Å². The van der Waals surface area contributed by atoms with Gasteiger partial charge in [0, 0.05) is 10.9 Å². The van der Waals surface area contributed by atoms with E-state index in [1.165, 1.54) is 11.3 Å². The number of ketones is 1. The van der Waals surface area contributed by atoms with Crippen LogP contribution < -0.4 is 0 Å². The lowest BCUT2D eigenvalue weighted by molar-refractivity contribution is 0.104. The van der Waals surface area contributed by atoms with E-state index in [9.17, 15) is 10.1 Å². The molecule has 0 aliphatic rings. The summed E-state index contributed by atoms with van der Waals surface area (Å²) in [7, 11) is 0. The molecular formula is C18H18N2OS. The largest absolute Gasteiger partial charge is 0.288 e. The predicted molar refractivity (Wildman–Crippen MR) is 89.9 cm³/mol. The quantitative estimate of drug-likeness (QED) is 0.475. The molecule has 3 nitrogen and oxygen atoms in total. The molecule has 0 N–H and O–H groups in total. The first kappa shape index (κ1) is 16.1. The third-order valence-electron chi connectivity index (χ3n) is 3.31. The van der Waals surface area contributed by atoms with Gasteiger partial charge >= 0.3 is 0 Å². The fourth-order valence-corrected chi connectivity index (χ4v) is 2.59. The second kappa shape index (κ2) is 6.25. The van der Waals surface area contributed by atoms with E-state index in [1.807, 2.05) is 30.5 Å². The maximum Gasteiger partial charge on any atom is 0.203 e. The van der Waals surface area contributed by atoms with E-state index in [0.29, 0.717) is 11.3 Å². The van der Waals surface area contributed by atoms with Gasteiger partial charge in [-0.15, -0.1) is 11.3 Å². The molecule has 0 saturated carbocycles. The minimum atomic E-state index is -0.270. The Morgan fingerprint density at radius 3 is 2.36 bits per heavy atom. The number of aromatic nitrogens is 1. The predicted octanol–water partition coefficient (Wildman–Crippen LogP) is 4.54. The number of carbonyl (C=O) groups is 1. The summed E-state index contributed by atoms with van der Waals surface area (Å²) in [5, 5.41) is 12.0.